The van der Waals surface area contributed by atoms with Crippen LogP contribution in [-0.4, -0.2) is 33.2 Å². The van der Waals surface area contributed by atoms with Gasteiger partial charge in [-0.15, -0.1) is 0 Å². The summed E-state index contributed by atoms with van der Waals surface area (Å²) in [4.78, 5) is 26.5. The largest absolute Gasteiger partial charge is 0.481 e. The molecule has 2 N–H and O–H groups in total. The van der Waals surface area contributed by atoms with E-state index in [0.29, 0.717) is 29.6 Å². The molecule has 0 aliphatic rings. The maximum Gasteiger partial charge on any atom is 0.305 e. The fourth-order valence-corrected chi connectivity index (χ4v) is 2.26. The lowest BCUT2D eigenvalue weighted by atomic mass is 10.2. The zero-order valence-electron chi connectivity index (χ0n) is 13.2. The van der Waals surface area contributed by atoms with Gasteiger partial charge in [0.05, 0.1) is 6.42 Å². The van der Waals surface area contributed by atoms with Crippen LogP contribution >= 0.6 is 11.6 Å². The van der Waals surface area contributed by atoms with E-state index < -0.39 is 12.0 Å². The molecule has 1 amide bonds. The maximum atomic E-state index is 11.7. The van der Waals surface area contributed by atoms with Crippen LogP contribution in [0.1, 0.15) is 32.1 Å². The number of carboxylic acid groups (broad SMARTS) is 1. The molecular weight excluding hydrogens is 334 g/mol. The number of amides is 1. The first-order chi connectivity index (χ1) is 11.4. The second kappa shape index (κ2) is 8.44. The van der Waals surface area contributed by atoms with Crippen LogP contribution in [0.2, 0.25) is 5.02 Å². The van der Waals surface area contributed by atoms with Crippen LogP contribution in [0.15, 0.2) is 28.8 Å². The molecule has 0 aliphatic carbocycles. The fourth-order valence-electron chi connectivity index (χ4n) is 2.13. The molecule has 1 unspecified atom stereocenters. The normalized spacial score (nSPS) is 11.9. The van der Waals surface area contributed by atoms with Crippen LogP contribution in [0.4, 0.5) is 0 Å². The Bertz CT molecular complexity index is 700. The van der Waals surface area contributed by atoms with Crippen LogP contribution in [0.5, 0.6) is 0 Å². The van der Waals surface area contributed by atoms with Gasteiger partial charge in [0.2, 0.25) is 17.6 Å². The van der Waals surface area contributed by atoms with Gasteiger partial charge in [-0.3, -0.25) is 9.59 Å². The Balaban J connectivity index is 1.78. The summed E-state index contributed by atoms with van der Waals surface area (Å²) >= 11 is 5.83. The second-order valence-electron chi connectivity index (χ2n) is 5.44. The Kier molecular flexibility index (Phi) is 6.31. The quantitative estimate of drug-likeness (QED) is 0.757. The van der Waals surface area contributed by atoms with Crippen molar-refractivity contribution in [3.05, 3.63) is 35.2 Å². The third-order valence-corrected chi connectivity index (χ3v) is 3.51. The molecule has 1 atom stereocenters. The summed E-state index contributed by atoms with van der Waals surface area (Å²) in [5.74, 6) is -0.211. The molecule has 0 saturated carbocycles. The summed E-state index contributed by atoms with van der Waals surface area (Å²) in [5.41, 5.74) is 0.801. The average molecular weight is 352 g/mol. The SMILES string of the molecule is CC(CC(=O)O)NC(=O)CCCc1nc(-c2ccc(Cl)cc2)no1. The van der Waals surface area contributed by atoms with Crippen molar-refractivity contribution >= 4 is 23.5 Å². The average Bonchev–Trinajstić information content (AvgIpc) is 2.95. The second-order valence-corrected chi connectivity index (χ2v) is 5.88. The lowest BCUT2D eigenvalue weighted by Gasteiger charge is -2.10. The van der Waals surface area contributed by atoms with Crippen LogP contribution in [0.3, 0.4) is 0 Å². The van der Waals surface area contributed by atoms with Gasteiger partial charge < -0.3 is 14.9 Å². The number of nitrogens with zero attached hydrogens (tertiary/aromatic N) is 2. The zero-order chi connectivity index (χ0) is 17.5. The van der Waals surface area contributed by atoms with Crippen molar-refractivity contribution in [2.75, 3.05) is 0 Å². The molecule has 1 aromatic carbocycles. The molecule has 0 radical (unpaired) electrons. The van der Waals surface area contributed by atoms with Gasteiger partial charge in [0.1, 0.15) is 0 Å². The molecule has 0 spiro atoms. The van der Waals surface area contributed by atoms with Crippen LogP contribution in [0.25, 0.3) is 11.4 Å². The molecule has 8 heteroatoms. The first-order valence-electron chi connectivity index (χ1n) is 7.53. The number of aromatic nitrogens is 2. The van der Waals surface area contributed by atoms with E-state index in [-0.39, 0.29) is 18.7 Å². The van der Waals surface area contributed by atoms with Gasteiger partial charge in [-0.05, 0) is 37.6 Å². The van der Waals surface area contributed by atoms with Crippen molar-refractivity contribution in [1.29, 1.82) is 0 Å². The standard InChI is InChI=1S/C16H18ClN3O4/c1-10(9-15(22)23)18-13(21)3-2-4-14-19-16(20-24-14)11-5-7-12(17)8-6-11/h5-8,10H,2-4,9H2,1H3,(H,18,21)(H,22,23). The minimum Gasteiger partial charge on any atom is -0.481 e. The highest BCUT2D eigenvalue weighted by Crippen LogP contribution is 2.19. The van der Waals surface area contributed by atoms with Crippen LogP contribution in [0, 0.1) is 0 Å². The Morgan fingerprint density at radius 3 is 2.71 bits per heavy atom. The van der Waals surface area contributed by atoms with E-state index in [2.05, 4.69) is 15.5 Å². The van der Waals surface area contributed by atoms with E-state index in [1.807, 2.05) is 0 Å². The van der Waals surface area contributed by atoms with E-state index in [9.17, 15) is 9.59 Å². The monoisotopic (exact) mass is 351 g/mol. The molecule has 7 nitrogen and oxygen atoms in total. The molecule has 0 bridgehead atoms. The molecule has 2 aromatic rings. The summed E-state index contributed by atoms with van der Waals surface area (Å²) < 4.78 is 5.16. The molecule has 24 heavy (non-hydrogen) atoms. The Morgan fingerprint density at radius 1 is 1.33 bits per heavy atom. The van der Waals surface area contributed by atoms with Gasteiger partial charge in [-0.2, -0.15) is 4.98 Å². The highest BCUT2D eigenvalue weighted by molar-refractivity contribution is 6.30. The smallest absolute Gasteiger partial charge is 0.305 e. The van der Waals surface area contributed by atoms with Crippen molar-refractivity contribution in [1.82, 2.24) is 15.5 Å². The summed E-state index contributed by atoms with van der Waals surface area (Å²) in [6, 6.07) is 6.70. The Morgan fingerprint density at radius 2 is 2.04 bits per heavy atom. The molecule has 1 heterocycles. The van der Waals surface area contributed by atoms with Crippen LogP contribution in [-0.2, 0) is 16.0 Å². The molecule has 1 aromatic heterocycles. The lowest BCUT2D eigenvalue weighted by molar-refractivity contribution is -0.137. The highest BCUT2D eigenvalue weighted by Gasteiger charge is 2.12. The van der Waals surface area contributed by atoms with Gasteiger partial charge >= 0.3 is 5.97 Å². The summed E-state index contributed by atoms with van der Waals surface area (Å²) in [6.45, 7) is 1.66. The minimum absolute atomic E-state index is 0.0974. The molecule has 2 rings (SSSR count). The molecular formula is C16H18ClN3O4. The number of halogens is 1. The van der Waals surface area contributed by atoms with Crippen molar-refractivity contribution in [3.8, 4) is 11.4 Å². The molecule has 0 fully saturated rings. The van der Waals surface area contributed by atoms with Gasteiger partial charge in [-0.1, -0.05) is 16.8 Å². The van der Waals surface area contributed by atoms with E-state index >= 15 is 0 Å². The maximum absolute atomic E-state index is 11.7. The summed E-state index contributed by atoms with van der Waals surface area (Å²) in [6.07, 6.45) is 1.18. The minimum atomic E-state index is -0.941. The van der Waals surface area contributed by atoms with Gasteiger partial charge in [0.25, 0.3) is 0 Å². The molecule has 0 saturated heterocycles. The van der Waals surface area contributed by atoms with Crippen molar-refractivity contribution in [2.45, 2.75) is 38.6 Å². The predicted molar refractivity (Wildman–Crippen MR) is 87.5 cm³/mol. The number of hydrogen-bond acceptors (Lipinski definition) is 5. The summed E-state index contributed by atoms with van der Waals surface area (Å²) in [5, 5.41) is 15.8. The van der Waals surface area contributed by atoms with Crippen molar-refractivity contribution < 1.29 is 19.2 Å². The predicted octanol–water partition coefficient (Wildman–Crippen LogP) is 2.69. The van der Waals surface area contributed by atoms with Gasteiger partial charge in [0.15, 0.2) is 0 Å². The van der Waals surface area contributed by atoms with Crippen molar-refractivity contribution in [3.63, 3.8) is 0 Å². The first kappa shape index (κ1) is 17.9. The summed E-state index contributed by atoms with van der Waals surface area (Å²) in [7, 11) is 0. The third kappa shape index (κ3) is 5.66. The van der Waals surface area contributed by atoms with Gasteiger partial charge in [-0.25, -0.2) is 0 Å². The Labute approximate surface area is 144 Å². The first-order valence-corrected chi connectivity index (χ1v) is 7.91. The van der Waals surface area contributed by atoms with E-state index in [1.54, 1.807) is 31.2 Å². The van der Waals surface area contributed by atoms with Crippen LogP contribution < -0.4 is 5.32 Å². The van der Waals surface area contributed by atoms with Crippen molar-refractivity contribution in [2.24, 2.45) is 0 Å². The highest BCUT2D eigenvalue weighted by atomic mass is 35.5. The topological polar surface area (TPSA) is 105 Å². The number of nitrogens with one attached hydrogen (secondary N) is 1. The number of carbonyl (C=O) groups excluding carboxylic acids is 1. The van der Waals surface area contributed by atoms with E-state index in [4.69, 9.17) is 21.2 Å². The number of aryl methyl sites for hydroxylation is 1. The number of carbonyl (C=O) groups is 2. The Hall–Kier alpha value is -2.41. The number of carboxylic acids is 1. The zero-order valence-corrected chi connectivity index (χ0v) is 13.9. The molecule has 128 valence electrons. The molecule has 0 aliphatic heterocycles. The van der Waals surface area contributed by atoms with E-state index in [1.165, 1.54) is 0 Å². The number of hydrogen-bond donors (Lipinski definition) is 2. The number of rotatable bonds is 8. The van der Waals surface area contributed by atoms with E-state index in [0.717, 1.165) is 5.56 Å². The number of benzene rings is 1. The number of aliphatic carboxylic acids is 1. The van der Waals surface area contributed by atoms with Gasteiger partial charge in [0, 0.05) is 29.5 Å². The lowest BCUT2D eigenvalue weighted by Crippen LogP contribution is -2.34. The fraction of sp³-hybridized carbons (Fsp3) is 0.375. The third-order valence-electron chi connectivity index (χ3n) is 3.25.